The van der Waals surface area contributed by atoms with Gasteiger partial charge in [0.15, 0.2) is 5.85 Å². The Morgan fingerprint density at radius 3 is 2.05 bits per heavy atom. The molecule has 118 valence electrons. The Morgan fingerprint density at radius 2 is 1.59 bits per heavy atom. The lowest BCUT2D eigenvalue weighted by Crippen LogP contribution is -2.15. The Labute approximate surface area is 131 Å². The van der Waals surface area contributed by atoms with E-state index < -0.39 is 13.2 Å². The molecule has 0 spiro atoms. The van der Waals surface area contributed by atoms with Crippen LogP contribution in [-0.2, 0) is 9.09 Å². The second-order valence-electron chi connectivity index (χ2n) is 5.47. The average Bonchev–Trinajstić information content (AvgIpc) is 2.54. The number of anilines is 1. The molecule has 0 aliphatic carbocycles. The number of aliphatic hydroxyl groups is 1. The Bertz CT molecular complexity index is 665. The molecular weight excluding hydrogens is 297 g/mol. The van der Waals surface area contributed by atoms with Crippen molar-refractivity contribution in [2.75, 3.05) is 26.1 Å². The minimum absolute atomic E-state index is 0.508. The molecule has 2 rings (SSSR count). The molecule has 0 bridgehead atoms. The van der Waals surface area contributed by atoms with Gasteiger partial charge in [-0.3, -0.25) is 4.57 Å². The van der Waals surface area contributed by atoms with Crippen LogP contribution < -0.4 is 10.2 Å². The molecule has 0 radical (unpaired) electrons. The number of rotatable bonds is 5. The summed E-state index contributed by atoms with van der Waals surface area (Å²) < 4.78 is 18.4. The van der Waals surface area contributed by atoms with Gasteiger partial charge in [0.2, 0.25) is 0 Å². The van der Waals surface area contributed by atoms with Gasteiger partial charge in [-0.1, -0.05) is 29.8 Å². The van der Waals surface area contributed by atoms with Crippen molar-refractivity contribution in [2.45, 2.75) is 12.8 Å². The Balaban J connectivity index is 2.38. The van der Waals surface area contributed by atoms with E-state index in [-0.39, 0.29) is 0 Å². The molecule has 2 unspecified atom stereocenters. The maximum Gasteiger partial charge on any atom is 0.263 e. The van der Waals surface area contributed by atoms with Gasteiger partial charge in [0.1, 0.15) is 0 Å². The molecule has 0 aliphatic rings. The summed E-state index contributed by atoms with van der Waals surface area (Å²) in [5.74, 6) is -1.18. The van der Waals surface area contributed by atoms with E-state index in [2.05, 4.69) is 0 Å². The van der Waals surface area contributed by atoms with E-state index in [1.807, 2.05) is 50.2 Å². The lowest BCUT2D eigenvalue weighted by molar-refractivity contribution is 0.229. The first-order valence-corrected chi connectivity index (χ1v) is 8.76. The molecule has 0 saturated carbocycles. The number of benzene rings is 2. The van der Waals surface area contributed by atoms with Gasteiger partial charge in [0.05, 0.1) is 0 Å². The first kappa shape index (κ1) is 16.8. The van der Waals surface area contributed by atoms with E-state index in [9.17, 15) is 9.67 Å². The van der Waals surface area contributed by atoms with E-state index in [1.165, 1.54) is 7.11 Å². The van der Waals surface area contributed by atoms with Crippen LogP contribution in [0.15, 0.2) is 48.5 Å². The van der Waals surface area contributed by atoms with Crippen molar-refractivity contribution < 1.29 is 14.2 Å². The summed E-state index contributed by atoms with van der Waals surface area (Å²) in [6, 6.07) is 14.5. The largest absolute Gasteiger partial charge is 0.378 e. The van der Waals surface area contributed by atoms with Gasteiger partial charge in [0.25, 0.3) is 7.37 Å². The summed E-state index contributed by atoms with van der Waals surface area (Å²) in [6.07, 6.45) is 0. The van der Waals surface area contributed by atoms with Crippen LogP contribution in [0.2, 0.25) is 0 Å². The van der Waals surface area contributed by atoms with E-state index in [1.54, 1.807) is 24.3 Å². The third-order valence-electron chi connectivity index (χ3n) is 3.69. The number of aryl methyl sites for hydroxylation is 1. The molecular formula is C17H22NO3P. The lowest BCUT2D eigenvalue weighted by atomic mass is 10.2. The van der Waals surface area contributed by atoms with Crippen molar-refractivity contribution in [2.24, 2.45) is 0 Å². The van der Waals surface area contributed by atoms with Crippen LogP contribution in [-0.4, -0.2) is 26.3 Å². The number of hydrogen-bond acceptors (Lipinski definition) is 4. The molecule has 0 fully saturated rings. The van der Waals surface area contributed by atoms with Crippen LogP contribution >= 0.6 is 7.37 Å². The van der Waals surface area contributed by atoms with Gasteiger partial charge in [-0.2, -0.15) is 0 Å². The first-order chi connectivity index (χ1) is 10.4. The highest BCUT2D eigenvalue weighted by atomic mass is 31.2. The number of hydrogen-bond donors (Lipinski definition) is 1. The number of aliphatic hydroxyl groups excluding tert-OH is 1. The van der Waals surface area contributed by atoms with Crippen LogP contribution in [0, 0.1) is 6.92 Å². The molecule has 0 heterocycles. The highest BCUT2D eigenvalue weighted by molar-refractivity contribution is 7.67. The summed E-state index contributed by atoms with van der Waals surface area (Å²) in [7, 11) is 1.85. The zero-order valence-electron chi connectivity index (χ0n) is 13.4. The monoisotopic (exact) mass is 319 g/mol. The first-order valence-electron chi connectivity index (χ1n) is 7.06. The fourth-order valence-electron chi connectivity index (χ4n) is 2.24. The highest BCUT2D eigenvalue weighted by Gasteiger charge is 2.35. The molecule has 4 nitrogen and oxygen atoms in total. The Morgan fingerprint density at radius 1 is 1.05 bits per heavy atom. The standard InChI is InChI=1S/C17H22NO3P/c1-13-5-7-14(8-6-13)17(19)22(20,21-4)16-11-9-15(10-12-16)18(2)3/h5-12,17,19H,1-4H3. The molecule has 0 aromatic heterocycles. The molecule has 22 heavy (non-hydrogen) atoms. The smallest absolute Gasteiger partial charge is 0.263 e. The van der Waals surface area contributed by atoms with E-state index in [0.717, 1.165) is 11.3 Å². The maximum absolute atomic E-state index is 13.2. The van der Waals surface area contributed by atoms with Gasteiger partial charge >= 0.3 is 0 Å². The van der Waals surface area contributed by atoms with Crippen LogP contribution in [0.25, 0.3) is 0 Å². The SMILES string of the molecule is COP(=O)(c1ccc(N(C)C)cc1)C(O)c1ccc(C)cc1. The molecule has 0 aliphatic heterocycles. The average molecular weight is 319 g/mol. The fraction of sp³-hybridized carbons (Fsp3) is 0.294. The van der Waals surface area contributed by atoms with Crippen LogP contribution in [0.3, 0.4) is 0 Å². The minimum Gasteiger partial charge on any atom is -0.378 e. The summed E-state index contributed by atoms with van der Waals surface area (Å²) in [5.41, 5.74) is 2.67. The topological polar surface area (TPSA) is 49.8 Å². The van der Waals surface area contributed by atoms with E-state index >= 15 is 0 Å². The Kier molecular flexibility index (Phi) is 5.07. The second-order valence-corrected chi connectivity index (χ2v) is 8.04. The van der Waals surface area contributed by atoms with Gasteiger partial charge in [-0.15, -0.1) is 0 Å². The Hall–Kier alpha value is -1.61. The van der Waals surface area contributed by atoms with Gasteiger partial charge < -0.3 is 14.5 Å². The van der Waals surface area contributed by atoms with Crippen molar-refractivity contribution in [1.29, 1.82) is 0 Å². The van der Waals surface area contributed by atoms with Gasteiger partial charge in [0, 0.05) is 32.2 Å². The van der Waals surface area contributed by atoms with Crippen molar-refractivity contribution in [3.8, 4) is 0 Å². The molecule has 1 N–H and O–H groups in total. The minimum atomic E-state index is -3.39. The maximum atomic E-state index is 13.2. The summed E-state index contributed by atoms with van der Waals surface area (Å²) in [5, 5.41) is 11.1. The summed E-state index contributed by atoms with van der Waals surface area (Å²) >= 11 is 0. The quantitative estimate of drug-likeness (QED) is 0.859. The zero-order valence-corrected chi connectivity index (χ0v) is 14.2. The van der Waals surface area contributed by atoms with Crippen molar-refractivity contribution >= 4 is 18.4 Å². The van der Waals surface area contributed by atoms with Gasteiger partial charge in [-0.05, 0) is 36.8 Å². The van der Waals surface area contributed by atoms with E-state index in [0.29, 0.717) is 10.9 Å². The molecule has 2 aromatic carbocycles. The van der Waals surface area contributed by atoms with Gasteiger partial charge in [-0.25, -0.2) is 0 Å². The zero-order chi connectivity index (χ0) is 16.3. The predicted molar refractivity (Wildman–Crippen MR) is 91.2 cm³/mol. The summed E-state index contributed by atoms with van der Waals surface area (Å²) in [4.78, 5) is 1.96. The fourth-order valence-corrected chi connectivity index (χ4v) is 4.06. The molecule has 5 heteroatoms. The predicted octanol–water partition coefficient (Wildman–Crippen LogP) is 3.30. The summed E-state index contributed by atoms with van der Waals surface area (Å²) in [6.45, 7) is 1.96. The lowest BCUT2D eigenvalue weighted by Gasteiger charge is -2.23. The molecule has 0 saturated heterocycles. The van der Waals surface area contributed by atoms with Crippen molar-refractivity contribution in [3.63, 3.8) is 0 Å². The van der Waals surface area contributed by atoms with E-state index in [4.69, 9.17) is 4.52 Å². The van der Waals surface area contributed by atoms with Crippen molar-refractivity contribution in [3.05, 3.63) is 59.7 Å². The van der Waals surface area contributed by atoms with Crippen LogP contribution in [0.4, 0.5) is 5.69 Å². The highest BCUT2D eigenvalue weighted by Crippen LogP contribution is 2.57. The molecule has 2 aromatic rings. The second kappa shape index (κ2) is 6.66. The third kappa shape index (κ3) is 3.25. The number of nitrogens with zero attached hydrogens (tertiary/aromatic N) is 1. The normalized spacial score (nSPS) is 15.1. The van der Waals surface area contributed by atoms with Crippen LogP contribution in [0.5, 0.6) is 0 Å². The third-order valence-corrected chi connectivity index (χ3v) is 6.20. The molecule has 2 atom stereocenters. The molecule has 0 amide bonds. The van der Waals surface area contributed by atoms with Crippen molar-refractivity contribution in [1.82, 2.24) is 0 Å². The van der Waals surface area contributed by atoms with Crippen LogP contribution in [0.1, 0.15) is 17.0 Å².